The lowest BCUT2D eigenvalue weighted by molar-refractivity contribution is -0.147. The molecule has 0 aliphatic carbocycles. The second-order valence-electron chi connectivity index (χ2n) is 4.39. The predicted molar refractivity (Wildman–Crippen MR) is 79.7 cm³/mol. The summed E-state index contributed by atoms with van der Waals surface area (Å²) >= 11 is 0. The normalized spacial score (nSPS) is 10.3. The van der Waals surface area contributed by atoms with E-state index in [-0.39, 0.29) is 0 Å². The van der Waals surface area contributed by atoms with Gasteiger partial charge in [0.05, 0.1) is 19.6 Å². The summed E-state index contributed by atoms with van der Waals surface area (Å²) in [7, 11) is 0. The van der Waals surface area contributed by atoms with Gasteiger partial charge in [-0.05, 0) is 32.9 Å². The minimum absolute atomic E-state index is 0.806. The van der Waals surface area contributed by atoms with Crippen LogP contribution in [-0.2, 0) is 9.59 Å². The van der Waals surface area contributed by atoms with Crippen LogP contribution in [0.15, 0.2) is 30.3 Å². The van der Waals surface area contributed by atoms with E-state index in [4.69, 9.17) is 10.2 Å². The molecule has 0 amide bonds. The number of para-hydroxylation sites is 1. The van der Waals surface area contributed by atoms with E-state index in [1.54, 1.807) is 0 Å². The van der Waals surface area contributed by atoms with Gasteiger partial charge in [0, 0.05) is 0 Å². The van der Waals surface area contributed by atoms with Gasteiger partial charge in [-0.3, -0.25) is 14.1 Å². The maximum absolute atomic E-state index is 9.43. The Bertz CT molecular complexity index is 393. The van der Waals surface area contributed by atoms with Gasteiger partial charge in [-0.15, -0.1) is 0 Å². The van der Waals surface area contributed by atoms with Gasteiger partial charge in [-0.2, -0.15) is 0 Å². The van der Waals surface area contributed by atoms with Gasteiger partial charge >= 0.3 is 11.9 Å². The fourth-order valence-corrected chi connectivity index (χ4v) is 2.09. The lowest BCUT2D eigenvalue weighted by Gasteiger charge is -2.35. The van der Waals surface area contributed by atoms with Gasteiger partial charge in [0.25, 0.3) is 0 Å². The number of carboxylic acid groups (broad SMARTS) is 2. The van der Waals surface area contributed by atoms with Crippen LogP contribution in [0, 0.1) is 0 Å². The number of carboxylic acids is 2. The smallest absolute Gasteiger partial charge is 0.314 e. The number of nitrogens with zero attached hydrogens (tertiary/aromatic N) is 1. The first kappa shape index (κ1) is 18.1. The highest BCUT2D eigenvalue weighted by atomic mass is 16.4. The lowest BCUT2D eigenvalue weighted by Crippen LogP contribution is -2.48. The van der Waals surface area contributed by atoms with Crippen LogP contribution in [0.3, 0.4) is 0 Å². The molecule has 2 N–H and O–H groups in total. The summed E-state index contributed by atoms with van der Waals surface area (Å²) in [5.41, 5.74) is 1.44. The third-order valence-electron chi connectivity index (χ3n) is 3.42. The van der Waals surface area contributed by atoms with Crippen molar-refractivity contribution in [1.82, 2.24) is 4.48 Å². The molecule has 0 saturated carbocycles. The molecule has 0 radical (unpaired) electrons. The number of quaternary nitrogens is 1. The van der Waals surface area contributed by atoms with Crippen molar-refractivity contribution in [3.8, 4) is 0 Å². The summed E-state index contributed by atoms with van der Waals surface area (Å²) in [5, 5.41) is 15.4. The quantitative estimate of drug-likeness (QED) is 0.621. The van der Waals surface area contributed by atoms with Crippen molar-refractivity contribution in [3.63, 3.8) is 0 Å². The largest absolute Gasteiger partial charge is 0.481 e. The molecule has 1 rings (SSSR count). The molecular weight excluding hydrogens is 258 g/mol. The first-order valence-corrected chi connectivity index (χ1v) is 6.77. The van der Waals surface area contributed by atoms with Crippen molar-refractivity contribution in [3.05, 3.63) is 30.3 Å². The Morgan fingerprint density at radius 1 is 0.900 bits per heavy atom. The maximum atomic E-state index is 9.43. The minimum atomic E-state index is -1.31. The molecule has 0 aromatic heterocycles. The Morgan fingerprint density at radius 3 is 1.55 bits per heavy atom. The molecule has 5 heteroatoms. The Morgan fingerprint density at radius 2 is 1.30 bits per heavy atom. The van der Waals surface area contributed by atoms with E-state index >= 15 is 0 Å². The molecule has 0 fully saturated rings. The van der Waals surface area contributed by atoms with E-state index in [2.05, 4.69) is 51.1 Å². The summed E-state index contributed by atoms with van der Waals surface area (Å²) in [6, 6.07) is 10.8. The van der Waals surface area contributed by atoms with Crippen molar-refractivity contribution in [1.29, 1.82) is 0 Å². The van der Waals surface area contributed by atoms with Gasteiger partial charge < -0.3 is 10.2 Å². The summed E-state index contributed by atoms with van der Waals surface area (Å²) in [5.74, 6) is -2.62. The molecule has 0 atom stereocenters. The van der Waals surface area contributed by atoms with Gasteiger partial charge in [-0.1, -0.05) is 18.2 Å². The average Bonchev–Trinajstić information content (AvgIpc) is 2.42. The third-order valence-corrected chi connectivity index (χ3v) is 3.42. The zero-order valence-electron chi connectivity index (χ0n) is 12.4. The van der Waals surface area contributed by atoms with Gasteiger partial charge in [0.1, 0.15) is 12.1 Å². The van der Waals surface area contributed by atoms with E-state index < -0.39 is 18.4 Å². The minimum Gasteiger partial charge on any atom is -0.481 e. The number of benzene rings is 1. The van der Waals surface area contributed by atoms with Gasteiger partial charge in [0.2, 0.25) is 0 Å². The second kappa shape index (κ2) is 9.09. The molecular formula is C15H24NO4+. The molecule has 0 saturated heterocycles. The summed E-state index contributed by atoms with van der Waals surface area (Å²) in [6.07, 6.45) is -0.806. The topological polar surface area (TPSA) is 74.6 Å². The fourth-order valence-electron chi connectivity index (χ4n) is 2.09. The number of carbonyl (C=O) groups is 2. The molecule has 5 nitrogen and oxygen atoms in total. The van der Waals surface area contributed by atoms with E-state index in [1.165, 1.54) is 25.3 Å². The molecule has 1 aromatic carbocycles. The van der Waals surface area contributed by atoms with E-state index in [1.807, 2.05) is 0 Å². The lowest BCUT2D eigenvalue weighted by atomic mass is 10.2. The highest BCUT2D eigenvalue weighted by Crippen LogP contribution is 2.21. The molecule has 0 aliphatic heterocycles. The third kappa shape index (κ3) is 5.84. The maximum Gasteiger partial charge on any atom is 0.314 e. The average molecular weight is 282 g/mol. The van der Waals surface area contributed by atoms with Crippen LogP contribution in [-0.4, -0.2) is 41.8 Å². The van der Waals surface area contributed by atoms with E-state index in [0.29, 0.717) is 0 Å². The molecule has 112 valence electrons. The predicted octanol–water partition coefficient (Wildman–Crippen LogP) is 2.60. The van der Waals surface area contributed by atoms with Crippen LogP contribution in [0.2, 0.25) is 0 Å². The molecule has 0 spiro atoms. The first-order valence-electron chi connectivity index (χ1n) is 6.77. The van der Waals surface area contributed by atoms with Gasteiger partial charge in [-0.25, -0.2) is 0 Å². The monoisotopic (exact) mass is 282 g/mol. The molecule has 0 bridgehead atoms. The molecule has 0 heterocycles. The SMILES string of the molecule is CC[N+](CC)(CC)c1ccccc1.O=C(O)CC(=O)O. The number of hydrogen-bond donors (Lipinski definition) is 2. The summed E-state index contributed by atoms with van der Waals surface area (Å²) < 4.78 is 1.10. The van der Waals surface area contributed by atoms with Crippen LogP contribution in [0.25, 0.3) is 0 Å². The standard InChI is InChI=1S/C12H20N.C3H4O4/c1-4-13(5-2,6-3)12-10-8-7-9-11-12;4-2(5)1-3(6)7/h7-11H,4-6H2,1-3H3;1H2,(H,4,5)(H,6,7)/q+1;. The zero-order valence-corrected chi connectivity index (χ0v) is 12.4. The Balaban J connectivity index is 0.000000441. The first-order chi connectivity index (χ1) is 9.41. The van der Waals surface area contributed by atoms with Crippen LogP contribution >= 0.6 is 0 Å². The van der Waals surface area contributed by atoms with E-state index in [0.717, 1.165) is 4.48 Å². The number of hydrogen-bond acceptors (Lipinski definition) is 2. The van der Waals surface area contributed by atoms with Crippen molar-refractivity contribution >= 4 is 17.6 Å². The summed E-state index contributed by atoms with van der Waals surface area (Å²) in [4.78, 5) is 18.9. The van der Waals surface area contributed by atoms with Crippen LogP contribution in [0.5, 0.6) is 0 Å². The van der Waals surface area contributed by atoms with Crippen molar-refractivity contribution in [2.24, 2.45) is 0 Å². The summed E-state index contributed by atoms with van der Waals surface area (Å²) in [6.45, 7) is 10.3. The highest BCUT2D eigenvalue weighted by molar-refractivity contribution is 5.88. The molecule has 20 heavy (non-hydrogen) atoms. The van der Waals surface area contributed by atoms with E-state index in [9.17, 15) is 9.59 Å². The van der Waals surface area contributed by atoms with Crippen molar-refractivity contribution in [2.75, 3.05) is 19.6 Å². The number of rotatable bonds is 6. The van der Waals surface area contributed by atoms with Gasteiger partial charge in [0.15, 0.2) is 0 Å². The Hall–Kier alpha value is -1.88. The Kier molecular flexibility index (Phi) is 8.24. The zero-order chi connectivity index (χ0) is 15.6. The van der Waals surface area contributed by atoms with Crippen LogP contribution < -0.4 is 4.48 Å². The van der Waals surface area contributed by atoms with Crippen molar-refractivity contribution < 1.29 is 19.8 Å². The fraction of sp³-hybridized carbons (Fsp3) is 0.467. The van der Waals surface area contributed by atoms with Crippen molar-refractivity contribution in [2.45, 2.75) is 27.2 Å². The highest BCUT2D eigenvalue weighted by Gasteiger charge is 2.23. The Labute approximate surface area is 120 Å². The second-order valence-corrected chi connectivity index (χ2v) is 4.39. The molecule has 1 aromatic rings. The molecule has 0 unspecified atom stereocenters. The number of aliphatic carboxylic acids is 2. The van der Waals surface area contributed by atoms with Crippen LogP contribution in [0.1, 0.15) is 27.2 Å². The van der Waals surface area contributed by atoms with Crippen LogP contribution in [0.4, 0.5) is 5.69 Å². The molecule has 0 aliphatic rings.